The fraction of sp³-hybridized carbons (Fsp3) is 0.706. The first kappa shape index (κ1) is 17.0. The third kappa shape index (κ3) is 5.91. The van der Waals surface area contributed by atoms with E-state index < -0.39 is 0 Å². The molecular weight excluding hydrogens is 246 g/mol. The summed E-state index contributed by atoms with van der Waals surface area (Å²) in [6.07, 6.45) is 2.44. The van der Waals surface area contributed by atoms with Crippen LogP contribution in [-0.4, -0.2) is 17.1 Å². The Kier molecular flexibility index (Phi) is 6.47. The average Bonchev–Trinajstić information content (AvgIpc) is 2.38. The van der Waals surface area contributed by atoms with E-state index in [4.69, 9.17) is 0 Å². The maximum absolute atomic E-state index is 4.66. The molecule has 0 bridgehead atoms. The van der Waals surface area contributed by atoms with Crippen LogP contribution in [0.1, 0.15) is 58.7 Å². The second kappa shape index (κ2) is 7.63. The van der Waals surface area contributed by atoms with Crippen molar-refractivity contribution < 1.29 is 0 Å². The Morgan fingerprint density at radius 1 is 1.15 bits per heavy atom. The van der Waals surface area contributed by atoms with Crippen LogP contribution in [0.25, 0.3) is 0 Å². The van der Waals surface area contributed by atoms with Gasteiger partial charge in [-0.15, -0.1) is 0 Å². The molecule has 0 aromatic carbocycles. The molecule has 1 heterocycles. The Labute approximate surface area is 124 Å². The van der Waals surface area contributed by atoms with Gasteiger partial charge in [-0.2, -0.15) is 0 Å². The zero-order valence-electron chi connectivity index (χ0n) is 14.0. The third-order valence-corrected chi connectivity index (χ3v) is 3.73. The van der Waals surface area contributed by atoms with Crippen LogP contribution in [0.2, 0.25) is 0 Å². The van der Waals surface area contributed by atoms with E-state index in [1.54, 1.807) is 0 Å². The van der Waals surface area contributed by atoms with Gasteiger partial charge in [-0.1, -0.05) is 32.8 Å². The molecule has 0 aliphatic rings. The summed E-state index contributed by atoms with van der Waals surface area (Å²) < 4.78 is 0. The molecule has 2 N–H and O–H groups in total. The molecule has 1 aromatic rings. The van der Waals surface area contributed by atoms with E-state index in [0.29, 0.717) is 0 Å². The molecule has 114 valence electrons. The van der Waals surface area contributed by atoms with Gasteiger partial charge in [0.05, 0.1) is 0 Å². The number of hydrogen-bond donors (Lipinski definition) is 2. The lowest BCUT2D eigenvalue weighted by Crippen LogP contribution is -2.35. The normalized spacial score (nSPS) is 11.9. The zero-order chi connectivity index (χ0) is 15.2. The number of aromatic nitrogens is 1. The van der Waals surface area contributed by atoms with Crippen LogP contribution in [0.15, 0.2) is 12.1 Å². The number of aryl methyl sites for hydroxylation is 1. The van der Waals surface area contributed by atoms with E-state index >= 15 is 0 Å². The van der Waals surface area contributed by atoms with E-state index in [0.717, 1.165) is 30.5 Å². The minimum Gasteiger partial charge on any atom is -0.370 e. The standard InChI is InChI=1S/C17H31N3/c1-7-14(8-2)11-18-16-10-9-15(13(3)20-16)12-19-17(4,5)6/h9-10,14,19H,7-8,11-12H2,1-6H3,(H,18,20). The second-order valence-corrected chi connectivity index (χ2v) is 6.61. The maximum Gasteiger partial charge on any atom is 0.126 e. The van der Waals surface area contributed by atoms with Crippen molar-refractivity contribution in [2.75, 3.05) is 11.9 Å². The van der Waals surface area contributed by atoms with Gasteiger partial charge in [0, 0.05) is 24.3 Å². The minimum atomic E-state index is 0.138. The molecule has 0 saturated carbocycles. The van der Waals surface area contributed by atoms with Crippen molar-refractivity contribution >= 4 is 5.82 Å². The Bertz CT molecular complexity index is 403. The number of hydrogen-bond acceptors (Lipinski definition) is 3. The third-order valence-electron chi connectivity index (χ3n) is 3.73. The zero-order valence-corrected chi connectivity index (χ0v) is 14.0. The highest BCUT2D eigenvalue weighted by Crippen LogP contribution is 2.14. The predicted octanol–water partition coefficient (Wildman–Crippen LogP) is 4.13. The first-order chi connectivity index (χ1) is 9.35. The summed E-state index contributed by atoms with van der Waals surface area (Å²) in [6, 6.07) is 4.27. The van der Waals surface area contributed by atoms with Gasteiger partial charge < -0.3 is 10.6 Å². The fourth-order valence-corrected chi connectivity index (χ4v) is 2.06. The predicted molar refractivity (Wildman–Crippen MR) is 88.1 cm³/mol. The van der Waals surface area contributed by atoms with Crippen molar-refractivity contribution in [3.63, 3.8) is 0 Å². The highest BCUT2D eigenvalue weighted by Gasteiger charge is 2.10. The van der Waals surface area contributed by atoms with Gasteiger partial charge >= 0.3 is 0 Å². The largest absolute Gasteiger partial charge is 0.370 e. The van der Waals surface area contributed by atoms with E-state index in [1.807, 2.05) is 0 Å². The van der Waals surface area contributed by atoms with Gasteiger partial charge in [0.15, 0.2) is 0 Å². The molecule has 0 fully saturated rings. The number of anilines is 1. The van der Waals surface area contributed by atoms with Crippen LogP contribution >= 0.6 is 0 Å². The van der Waals surface area contributed by atoms with Crippen LogP contribution < -0.4 is 10.6 Å². The van der Waals surface area contributed by atoms with Crippen LogP contribution in [0.5, 0.6) is 0 Å². The van der Waals surface area contributed by atoms with Crippen molar-refractivity contribution in [2.24, 2.45) is 5.92 Å². The quantitative estimate of drug-likeness (QED) is 0.787. The molecule has 3 heteroatoms. The van der Waals surface area contributed by atoms with E-state index in [2.05, 4.69) is 69.3 Å². The lowest BCUT2D eigenvalue weighted by atomic mass is 10.0. The van der Waals surface area contributed by atoms with Gasteiger partial charge in [0.1, 0.15) is 5.82 Å². The SMILES string of the molecule is CCC(CC)CNc1ccc(CNC(C)(C)C)c(C)n1. The number of pyridine rings is 1. The fourth-order valence-electron chi connectivity index (χ4n) is 2.06. The molecule has 0 atom stereocenters. The van der Waals surface area contributed by atoms with Crippen LogP contribution in [0, 0.1) is 12.8 Å². The van der Waals surface area contributed by atoms with Crippen LogP contribution in [-0.2, 0) is 6.54 Å². The number of nitrogens with zero attached hydrogens (tertiary/aromatic N) is 1. The lowest BCUT2D eigenvalue weighted by molar-refractivity contribution is 0.423. The summed E-state index contributed by atoms with van der Waals surface area (Å²) >= 11 is 0. The summed E-state index contributed by atoms with van der Waals surface area (Å²) in [7, 11) is 0. The molecular formula is C17H31N3. The second-order valence-electron chi connectivity index (χ2n) is 6.61. The number of nitrogens with one attached hydrogen (secondary N) is 2. The van der Waals surface area contributed by atoms with Gasteiger partial charge in [0.25, 0.3) is 0 Å². The smallest absolute Gasteiger partial charge is 0.126 e. The lowest BCUT2D eigenvalue weighted by Gasteiger charge is -2.21. The molecule has 0 unspecified atom stereocenters. The molecule has 20 heavy (non-hydrogen) atoms. The van der Waals surface area contributed by atoms with Gasteiger partial charge in [0.2, 0.25) is 0 Å². The Hall–Kier alpha value is -1.09. The number of rotatable bonds is 7. The van der Waals surface area contributed by atoms with Gasteiger partial charge in [-0.25, -0.2) is 4.98 Å². The van der Waals surface area contributed by atoms with E-state index in [9.17, 15) is 0 Å². The monoisotopic (exact) mass is 277 g/mol. The first-order valence-electron chi connectivity index (χ1n) is 7.81. The Balaban J connectivity index is 2.59. The molecule has 1 rings (SSSR count). The van der Waals surface area contributed by atoms with Crippen molar-refractivity contribution in [2.45, 2.75) is 66.5 Å². The molecule has 1 aromatic heterocycles. The summed E-state index contributed by atoms with van der Waals surface area (Å²) in [5.74, 6) is 1.73. The molecule has 0 saturated heterocycles. The van der Waals surface area contributed by atoms with Crippen molar-refractivity contribution in [1.29, 1.82) is 0 Å². The average molecular weight is 277 g/mol. The maximum atomic E-state index is 4.66. The van der Waals surface area contributed by atoms with E-state index in [-0.39, 0.29) is 5.54 Å². The van der Waals surface area contributed by atoms with Gasteiger partial charge in [-0.3, -0.25) is 0 Å². The summed E-state index contributed by atoms with van der Waals surface area (Å²) in [6.45, 7) is 15.0. The van der Waals surface area contributed by atoms with Gasteiger partial charge in [-0.05, 0) is 45.2 Å². The van der Waals surface area contributed by atoms with Crippen LogP contribution in [0.3, 0.4) is 0 Å². The molecule has 0 aliphatic heterocycles. The van der Waals surface area contributed by atoms with Crippen molar-refractivity contribution in [3.8, 4) is 0 Å². The Morgan fingerprint density at radius 3 is 2.30 bits per heavy atom. The molecule has 0 radical (unpaired) electrons. The van der Waals surface area contributed by atoms with Crippen molar-refractivity contribution in [1.82, 2.24) is 10.3 Å². The molecule has 0 amide bonds. The molecule has 0 spiro atoms. The summed E-state index contributed by atoms with van der Waals surface area (Å²) in [5, 5.41) is 6.96. The highest BCUT2D eigenvalue weighted by molar-refractivity contribution is 5.38. The topological polar surface area (TPSA) is 37.0 Å². The minimum absolute atomic E-state index is 0.138. The van der Waals surface area contributed by atoms with Crippen molar-refractivity contribution in [3.05, 3.63) is 23.4 Å². The summed E-state index contributed by atoms with van der Waals surface area (Å²) in [4.78, 5) is 4.66. The molecule has 3 nitrogen and oxygen atoms in total. The Morgan fingerprint density at radius 2 is 1.80 bits per heavy atom. The molecule has 0 aliphatic carbocycles. The first-order valence-corrected chi connectivity index (χ1v) is 7.81. The highest BCUT2D eigenvalue weighted by atomic mass is 15.0. The summed E-state index contributed by atoms with van der Waals surface area (Å²) in [5.41, 5.74) is 2.52. The van der Waals surface area contributed by atoms with Crippen LogP contribution in [0.4, 0.5) is 5.82 Å². The van der Waals surface area contributed by atoms with E-state index in [1.165, 1.54) is 18.4 Å².